The van der Waals surface area contributed by atoms with Crippen LogP contribution < -0.4 is 0 Å². The molecule has 0 aliphatic carbocycles. The number of rotatable bonds is 3. The van der Waals surface area contributed by atoms with Gasteiger partial charge in [0, 0.05) is 37.0 Å². The van der Waals surface area contributed by atoms with Crippen molar-refractivity contribution in [2.24, 2.45) is 0 Å². The Hall–Kier alpha value is -1.62. The highest BCUT2D eigenvalue weighted by atomic mass is 32.1. The van der Waals surface area contributed by atoms with Gasteiger partial charge in [-0.3, -0.25) is 9.59 Å². The van der Waals surface area contributed by atoms with Crippen LogP contribution in [0.1, 0.15) is 42.5 Å². The average molecular weight is 318 g/mol. The zero-order valence-corrected chi connectivity index (χ0v) is 13.6. The third-order valence-electron chi connectivity index (χ3n) is 4.96. The molecule has 118 valence electrons. The third kappa shape index (κ3) is 2.70. The fourth-order valence-corrected chi connectivity index (χ4v) is 4.40. The fourth-order valence-electron chi connectivity index (χ4n) is 3.77. The quantitative estimate of drug-likeness (QED) is 0.804. The van der Waals surface area contributed by atoms with Crippen LogP contribution in [0.15, 0.2) is 29.5 Å². The number of hydrogen-bond acceptors (Lipinski definition) is 3. The number of amides is 2. The van der Waals surface area contributed by atoms with E-state index in [0.29, 0.717) is 13.0 Å². The van der Waals surface area contributed by atoms with Crippen LogP contribution in [0.5, 0.6) is 0 Å². The van der Waals surface area contributed by atoms with Gasteiger partial charge in [-0.25, -0.2) is 0 Å². The number of thiophene rings is 1. The highest BCUT2D eigenvalue weighted by Gasteiger charge is 2.45. The molecule has 2 amide bonds. The Morgan fingerprint density at radius 1 is 1.36 bits per heavy atom. The summed E-state index contributed by atoms with van der Waals surface area (Å²) in [4.78, 5) is 28.6. The smallest absolute Gasteiger partial charge is 0.254 e. The lowest BCUT2D eigenvalue weighted by Gasteiger charge is -2.37. The van der Waals surface area contributed by atoms with Gasteiger partial charge in [0.2, 0.25) is 5.91 Å². The molecule has 3 heterocycles. The van der Waals surface area contributed by atoms with Gasteiger partial charge < -0.3 is 9.80 Å². The van der Waals surface area contributed by atoms with E-state index < -0.39 is 0 Å². The maximum absolute atomic E-state index is 12.5. The van der Waals surface area contributed by atoms with Crippen molar-refractivity contribution in [1.29, 1.82) is 0 Å². The van der Waals surface area contributed by atoms with Crippen LogP contribution in [-0.4, -0.2) is 46.8 Å². The molecule has 2 aliphatic rings. The molecule has 1 aromatic rings. The third-order valence-corrected chi connectivity index (χ3v) is 5.65. The van der Waals surface area contributed by atoms with Gasteiger partial charge in [-0.1, -0.05) is 6.08 Å². The van der Waals surface area contributed by atoms with Crippen molar-refractivity contribution in [3.8, 4) is 0 Å². The molecular weight excluding hydrogens is 296 g/mol. The van der Waals surface area contributed by atoms with E-state index in [0.717, 1.165) is 44.3 Å². The Kier molecular flexibility index (Phi) is 4.34. The van der Waals surface area contributed by atoms with Crippen molar-refractivity contribution in [3.63, 3.8) is 0 Å². The summed E-state index contributed by atoms with van der Waals surface area (Å²) in [5.41, 5.74) is 0.723. The number of nitrogens with zero attached hydrogens (tertiary/aromatic N) is 2. The van der Waals surface area contributed by atoms with E-state index in [1.165, 1.54) is 0 Å². The van der Waals surface area contributed by atoms with Crippen molar-refractivity contribution in [2.75, 3.05) is 19.6 Å². The molecule has 2 aliphatic heterocycles. The summed E-state index contributed by atoms with van der Waals surface area (Å²) < 4.78 is 0. The number of likely N-dealkylation sites (tertiary alicyclic amines) is 2. The maximum atomic E-state index is 12.5. The lowest BCUT2D eigenvalue weighted by Crippen LogP contribution is -2.46. The summed E-state index contributed by atoms with van der Waals surface area (Å²) in [7, 11) is 0. The van der Waals surface area contributed by atoms with Crippen molar-refractivity contribution < 1.29 is 9.59 Å². The van der Waals surface area contributed by atoms with Gasteiger partial charge in [-0.2, -0.15) is 11.3 Å². The largest absolute Gasteiger partial charge is 0.339 e. The molecule has 1 atom stereocenters. The van der Waals surface area contributed by atoms with Gasteiger partial charge in [0.1, 0.15) is 0 Å². The summed E-state index contributed by atoms with van der Waals surface area (Å²) in [6.45, 7) is 5.92. The summed E-state index contributed by atoms with van der Waals surface area (Å²) in [6, 6.07) is 1.89. The second-order valence-electron chi connectivity index (χ2n) is 6.18. The number of carbonyl (C=O) groups is 2. The predicted molar refractivity (Wildman–Crippen MR) is 87.9 cm³/mol. The Bertz CT molecular complexity index is 569. The Morgan fingerprint density at radius 2 is 2.23 bits per heavy atom. The van der Waals surface area contributed by atoms with Crippen LogP contribution in [0.3, 0.4) is 0 Å². The van der Waals surface area contributed by atoms with Gasteiger partial charge in [0.15, 0.2) is 0 Å². The summed E-state index contributed by atoms with van der Waals surface area (Å²) in [5.74, 6) is 0.357. The maximum Gasteiger partial charge on any atom is 0.254 e. The van der Waals surface area contributed by atoms with Crippen molar-refractivity contribution >= 4 is 23.2 Å². The molecular formula is C17H22N2O2S. The molecule has 1 spiro atoms. The fraction of sp³-hybridized carbons (Fsp3) is 0.529. The molecule has 0 aromatic carbocycles. The minimum absolute atomic E-state index is 0.0606. The van der Waals surface area contributed by atoms with Gasteiger partial charge in [-0.05, 0) is 37.1 Å². The van der Waals surface area contributed by atoms with E-state index in [4.69, 9.17) is 0 Å². The Labute approximate surface area is 135 Å². The lowest BCUT2D eigenvalue weighted by atomic mass is 9.87. The van der Waals surface area contributed by atoms with Crippen molar-refractivity contribution in [3.05, 3.63) is 35.0 Å². The molecule has 1 aromatic heterocycles. The molecule has 3 rings (SSSR count). The molecule has 0 radical (unpaired) electrons. The standard InChI is InChI=1S/C17H22N2O2S/c1-2-9-19-15(20)4-7-17(19)6-3-10-18(11-8-17)16(21)14-5-12-22-13-14/h2,5,12-13H,1,3-4,6-11H2/t17-/m1/s1. The first kappa shape index (κ1) is 15.3. The van der Waals surface area contributed by atoms with Crippen molar-refractivity contribution in [2.45, 2.75) is 37.6 Å². The molecule has 0 bridgehead atoms. The van der Waals surface area contributed by atoms with Gasteiger partial charge in [-0.15, -0.1) is 6.58 Å². The van der Waals surface area contributed by atoms with E-state index in [1.54, 1.807) is 11.3 Å². The zero-order chi connectivity index (χ0) is 15.6. The van der Waals surface area contributed by atoms with Gasteiger partial charge in [0.05, 0.1) is 5.56 Å². The molecule has 2 saturated heterocycles. The van der Waals surface area contributed by atoms with E-state index in [-0.39, 0.29) is 17.4 Å². The summed E-state index contributed by atoms with van der Waals surface area (Å²) in [6.07, 6.45) is 6.18. The highest BCUT2D eigenvalue weighted by molar-refractivity contribution is 7.08. The first-order valence-electron chi connectivity index (χ1n) is 7.89. The first-order valence-corrected chi connectivity index (χ1v) is 8.83. The molecule has 2 fully saturated rings. The molecule has 0 N–H and O–H groups in total. The molecule has 5 heteroatoms. The minimum Gasteiger partial charge on any atom is -0.339 e. The van der Waals surface area contributed by atoms with Crippen LogP contribution in [0, 0.1) is 0 Å². The minimum atomic E-state index is -0.0606. The van der Waals surface area contributed by atoms with E-state index in [1.807, 2.05) is 32.7 Å². The molecule has 4 nitrogen and oxygen atoms in total. The predicted octanol–water partition coefficient (Wildman–Crippen LogP) is 2.92. The number of carbonyl (C=O) groups excluding carboxylic acids is 2. The lowest BCUT2D eigenvalue weighted by molar-refractivity contribution is -0.130. The van der Waals surface area contributed by atoms with Crippen LogP contribution in [0.25, 0.3) is 0 Å². The van der Waals surface area contributed by atoms with E-state index in [2.05, 4.69) is 6.58 Å². The molecule has 22 heavy (non-hydrogen) atoms. The van der Waals surface area contributed by atoms with Crippen LogP contribution in [0.4, 0.5) is 0 Å². The van der Waals surface area contributed by atoms with Gasteiger partial charge >= 0.3 is 0 Å². The first-order chi connectivity index (χ1) is 10.7. The Morgan fingerprint density at radius 3 is 2.95 bits per heavy atom. The monoisotopic (exact) mass is 318 g/mol. The number of hydrogen-bond donors (Lipinski definition) is 0. The normalized spacial score (nSPS) is 25.5. The van der Waals surface area contributed by atoms with Gasteiger partial charge in [0.25, 0.3) is 5.91 Å². The second-order valence-corrected chi connectivity index (χ2v) is 6.96. The summed E-state index contributed by atoms with van der Waals surface area (Å²) >= 11 is 1.55. The van der Waals surface area contributed by atoms with E-state index >= 15 is 0 Å². The highest BCUT2D eigenvalue weighted by Crippen LogP contribution is 2.39. The SMILES string of the molecule is C=CCN1C(=O)CC[C@@]12CCCN(C(=O)c1ccsc1)CC2. The van der Waals surface area contributed by atoms with E-state index in [9.17, 15) is 9.59 Å². The van der Waals surface area contributed by atoms with Crippen LogP contribution in [-0.2, 0) is 4.79 Å². The Balaban J connectivity index is 1.73. The van der Waals surface area contributed by atoms with Crippen molar-refractivity contribution in [1.82, 2.24) is 9.80 Å². The molecule has 0 unspecified atom stereocenters. The second kappa shape index (κ2) is 6.24. The average Bonchev–Trinajstić information content (AvgIpc) is 3.08. The van der Waals surface area contributed by atoms with Crippen LogP contribution >= 0.6 is 11.3 Å². The zero-order valence-electron chi connectivity index (χ0n) is 12.8. The topological polar surface area (TPSA) is 40.6 Å². The molecule has 0 saturated carbocycles. The summed E-state index contributed by atoms with van der Waals surface area (Å²) in [5, 5.41) is 3.85. The van der Waals surface area contributed by atoms with Crippen LogP contribution in [0.2, 0.25) is 0 Å².